The van der Waals surface area contributed by atoms with E-state index in [1.807, 2.05) is 6.92 Å². The van der Waals surface area contributed by atoms with Gasteiger partial charge in [-0.3, -0.25) is 14.1 Å². The second kappa shape index (κ2) is 14.2. The third-order valence-electron chi connectivity index (χ3n) is 5.78. The smallest absolute Gasteiger partial charge is 0.191 e. The van der Waals surface area contributed by atoms with E-state index in [2.05, 4.69) is 36.3 Å². The highest BCUT2D eigenvalue weighted by Crippen LogP contribution is 2.23. The molecular formula is C21H43IN4OS. The summed E-state index contributed by atoms with van der Waals surface area (Å²) in [7, 11) is -0.678. The fourth-order valence-corrected chi connectivity index (χ4v) is 5.78. The molecule has 0 amide bonds. The summed E-state index contributed by atoms with van der Waals surface area (Å²) < 4.78 is 12.2. The summed E-state index contributed by atoms with van der Waals surface area (Å²) in [6.45, 7) is 12.9. The summed E-state index contributed by atoms with van der Waals surface area (Å²) in [6.07, 6.45) is 8.35. The van der Waals surface area contributed by atoms with Gasteiger partial charge in [0.25, 0.3) is 0 Å². The van der Waals surface area contributed by atoms with E-state index in [4.69, 9.17) is 4.99 Å². The van der Waals surface area contributed by atoms with Gasteiger partial charge in [-0.05, 0) is 51.5 Å². The molecular weight excluding hydrogens is 483 g/mol. The Morgan fingerprint density at radius 3 is 2.64 bits per heavy atom. The van der Waals surface area contributed by atoms with Crippen LogP contribution < -0.4 is 10.6 Å². The first-order valence-corrected chi connectivity index (χ1v) is 12.6. The molecule has 2 aliphatic rings. The van der Waals surface area contributed by atoms with Crippen molar-refractivity contribution in [2.75, 3.05) is 31.9 Å². The second-order valence-electron chi connectivity index (χ2n) is 8.56. The molecule has 28 heavy (non-hydrogen) atoms. The summed E-state index contributed by atoms with van der Waals surface area (Å²) in [6, 6.07) is 0.971. The maximum Gasteiger partial charge on any atom is 0.191 e. The van der Waals surface area contributed by atoms with Crippen LogP contribution in [0.4, 0.5) is 0 Å². The molecule has 0 spiro atoms. The lowest BCUT2D eigenvalue weighted by Gasteiger charge is -2.36. The maximum absolute atomic E-state index is 12.2. The number of aliphatic imine (C=N–C) groups is 1. The average Bonchev–Trinajstić information content (AvgIpc) is 2.66. The molecule has 2 N–H and O–H groups in total. The van der Waals surface area contributed by atoms with Gasteiger partial charge in [-0.1, -0.05) is 33.6 Å². The molecule has 0 radical (unpaired) electrons. The molecule has 0 aromatic heterocycles. The fraction of sp³-hybridized carbons (Fsp3) is 0.952. The molecule has 0 bridgehead atoms. The number of piperidine rings is 1. The van der Waals surface area contributed by atoms with Crippen LogP contribution in [0.15, 0.2) is 4.99 Å². The molecule has 4 unspecified atom stereocenters. The van der Waals surface area contributed by atoms with Crippen molar-refractivity contribution in [3.63, 3.8) is 0 Å². The van der Waals surface area contributed by atoms with Crippen LogP contribution in [0.2, 0.25) is 0 Å². The third-order valence-corrected chi connectivity index (χ3v) is 7.52. The van der Waals surface area contributed by atoms with Crippen molar-refractivity contribution in [2.45, 2.75) is 90.0 Å². The van der Waals surface area contributed by atoms with E-state index in [1.54, 1.807) is 0 Å². The van der Waals surface area contributed by atoms with Gasteiger partial charge < -0.3 is 10.6 Å². The van der Waals surface area contributed by atoms with Crippen LogP contribution in [-0.4, -0.2) is 64.3 Å². The molecule has 1 saturated heterocycles. The first-order valence-electron chi connectivity index (χ1n) is 11.2. The van der Waals surface area contributed by atoms with Crippen molar-refractivity contribution >= 4 is 40.7 Å². The fourth-order valence-electron chi connectivity index (χ4n) is 4.44. The number of nitrogens with zero attached hydrogens (tertiary/aromatic N) is 2. The first kappa shape index (κ1) is 26.1. The molecule has 7 heteroatoms. The Balaban J connectivity index is 0.00000392. The predicted octanol–water partition coefficient (Wildman–Crippen LogP) is 3.75. The molecule has 166 valence electrons. The van der Waals surface area contributed by atoms with Gasteiger partial charge in [-0.25, -0.2) is 0 Å². The van der Waals surface area contributed by atoms with Crippen molar-refractivity contribution in [1.29, 1.82) is 0 Å². The Morgan fingerprint density at radius 1 is 1.18 bits per heavy atom. The molecule has 5 nitrogen and oxygen atoms in total. The van der Waals surface area contributed by atoms with Gasteiger partial charge in [0.05, 0.1) is 6.54 Å². The number of hydrogen-bond acceptors (Lipinski definition) is 3. The second-order valence-corrected chi connectivity index (χ2v) is 10.6. The lowest BCUT2D eigenvalue weighted by molar-refractivity contribution is 0.137. The molecule has 1 saturated carbocycles. The van der Waals surface area contributed by atoms with Crippen molar-refractivity contribution < 1.29 is 4.21 Å². The lowest BCUT2D eigenvalue weighted by Crippen LogP contribution is -2.48. The summed E-state index contributed by atoms with van der Waals surface area (Å²) in [5.41, 5.74) is 0. The first-order chi connectivity index (χ1) is 13.0. The Kier molecular flexibility index (Phi) is 13.2. The van der Waals surface area contributed by atoms with E-state index in [-0.39, 0.29) is 24.0 Å². The number of likely N-dealkylation sites (tertiary alicyclic amines) is 1. The topological polar surface area (TPSA) is 56.7 Å². The quantitative estimate of drug-likeness (QED) is 0.288. The minimum atomic E-state index is -0.678. The van der Waals surface area contributed by atoms with E-state index in [0.717, 1.165) is 50.5 Å². The average molecular weight is 527 g/mol. The maximum atomic E-state index is 12.2. The van der Waals surface area contributed by atoms with E-state index in [9.17, 15) is 4.21 Å². The monoisotopic (exact) mass is 526 g/mol. The summed E-state index contributed by atoms with van der Waals surface area (Å²) in [4.78, 5) is 7.60. The molecule has 1 heterocycles. The zero-order chi connectivity index (χ0) is 19.6. The molecule has 2 rings (SSSR count). The van der Waals surface area contributed by atoms with Gasteiger partial charge in [0.1, 0.15) is 0 Å². The number of guanidine groups is 1. The van der Waals surface area contributed by atoms with Gasteiger partial charge >= 0.3 is 0 Å². The molecule has 0 aromatic rings. The molecule has 1 aliphatic heterocycles. The Bertz CT molecular complexity index is 489. The zero-order valence-corrected chi connectivity index (χ0v) is 21.6. The van der Waals surface area contributed by atoms with Crippen molar-refractivity contribution in [2.24, 2.45) is 10.9 Å². The van der Waals surface area contributed by atoms with E-state index >= 15 is 0 Å². The van der Waals surface area contributed by atoms with Crippen LogP contribution in [0.3, 0.4) is 0 Å². The highest BCUT2D eigenvalue weighted by molar-refractivity contribution is 14.0. The Morgan fingerprint density at radius 2 is 1.96 bits per heavy atom. The highest BCUT2D eigenvalue weighted by atomic mass is 127. The molecule has 4 atom stereocenters. The van der Waals surface area contributed by atoms with E-state index in [0.29, 0.717) is 23.3 Å². The Hall–Kier alpha value is 0.110. The molecule has 1 aliphatic carbocycles. The van der Waals surface area contributed by atoms with Crippen molar-refractivity contribution in [3.05, 3.63) is 0 Å². The third kappa shape index (κ3) is 8.86. The number of hydrogen-bond donors (Lipinski definition) is 2. The molecule has 0 aromatic carbocycles. The highest BCUT2D eigenvalue weighted by Gasteiger charge is 2.26. The number of halogens is 1. The minimum Gasteiger partial charge on any atom is -0.357 e. The SMILES string of the molecule is CCNC(=NCC1CCCCN1CC(C)C)NC1CCCC(S(=O)CC)C1.I. The summed E-state index contributed by atoms with van der Waals surface area (Å²) >= 11 is 0. The van der Waals surface area contributed by atoms with Crippen molar-refractivity contribution in [1.82, 2.24) is 15.5 Å². The largest absolute Gasteiger partial charge is 0.357 e. The molecule has 2 fully saturated rings. The van der Waals surface area contributed by atoms with Gasteiger partial charge in [-0.2, -0.15) is 0 Å². The Labute approximate surface area is 192 Å². The minimum absolute atomic E-state index is 0. The number of nitrogens with one attached hydrogen (secondary N) is 2. The van der Waals surface area contributed by atoms with Crippen molar-refractivity contribution in [3.8, 4) is 0 Å². The standard InChI is InChI=1S/C21H42N4OS.HI/c1-5-22-21(24-18-10-9-12-20(14-18)27(26)6-2)23-15-19-11-7-8-13-25(19)16-17(3)4;/h17-20H,5-16H2,1-4H3,(H2,22,23,24);1H. The van der Waals surface area contributed by atoms with E-state index < -0.39 is 10.8 Å². The van der Waals surface area contributed by atoms with Gasteiger partial charge in [-0.15, -0.1) is 24.0 Å². The lowest BCUT2D eigenvalue weighted by atomic mass is 9.95. The van der Waals surface area contributed by atoms with E-state index in [1.165, 1.54) is 32.4 Å². The zero-order valence-electron chi connectivity index (χ0n) is 18.4. The normalized spacial score (nSPS) is 27.9. The van der Waals surface area contributed by atoms with Crippen LogP contribution in [0.25, 0.3) is 0 Å². The predicted molar refractivity (Wildman–Crippen MR) is 133 cm³/mol. The van der Waals surface area contributed by atoms with Gasteiger partial charge in [0.15, 0.2) is 5.96 Å². The van der Waals surface area contributed by atoms with Crippen LogP contribution in [0, 0.1) is 5.92 Å². The van der Waals surface area contributed by atoms with Crippen LogP contribution in [-0.2, 0) is 10.8 Å². The van der Waals surface area contributed by atoms with Crippen LogP contribution in [0.1, 0.15) is 72.6 Å². The van der Waals surface area contributed by atoms with Gasteiger partial charge in [0.2, 0.25) is 0 Å². The van der Waals surface area contributed by atoms with Gasteiger partial charge in [0, 0.05) is 47.0 Å². The summed E-state index contributed by atoms with van der Waals surface area (Å²) in [5.74, 6) is 2.43. The summed E-state index contributed by atoms with van der Waals surface area (Å²) in [5, 5.41) is 7.43. The van der Waals surface area contributed by atoms with Crippen LogP contribution >= 0.6 is 24.0 Å². The number of rotatable bonds is 8. The van der Waals surface area contributed by atoms with Crippen LogP contribution in [0.5, 0.6) is 0 Å².